The van der Waals surface area contributed by atoms with E-state index in [1.807, 2.05) is 31.2 Å². The number of carbonyl (C=O) groups is 1. The van der Waals surface area contributed by atoms with Crippen molar-refractivity contribution < 1.29 is 9.53 Å². The number of carbonyl (C=O) groups excluding carboxylic acids is 1. The van der Waals surface area contributed by atoms with Crippen molar-refractivity contribution in [2.75, 3.05) is 11.9 Å². The summed E-state index contributed by atoms with van der Waals surface area (Å²) >= 11 is 0. The van der Waals surface area contributed by atoms with E-state index in [0.717, 1.165) is 11.1 Å². The maximum absolute atomic E-state index is 11.8. The first-order valence-electron chi connectivity index (χ1n) is 6.87. The van der Waals surface area contributed by atoms with Crippen molar-refractivity contribution in [1.82, 2.24) is 15.1 Å². The molecule has 1 aromatic heterocycles. The van der Waals surface area contributed by atoms with E-state index >= 15 is 0 Å². The Kier molecular flexibility index (Phi) is 5.34. The Morgan fingerprint density at radius 2 is 2.10 bits per heavy atom. The second-order valence-electron chi connectivity index (χ2n) is 4.62. The van der Waals surface area contributed by atoms with Gasteiger partial charge in [-0.05, 0) is 18.1 Å². The van der Waals surface area contributed by atoms with E-state index < -0.39 is 0 Å². The van der Waals surface area contributed by atoms with Crippen LogP contribution in [0, 0.1) is 0 Å². The summed E-state index contributed by atoms with van der Waals surface area (Å²) in [6, 6.07) is 7.65. The van der Waals surface area contributed by atoms with Gasteiger partial charge in [0.1, 0.15) is 0 Å². The van der Waals surface area contributed by atoms with Crippen molar-refractivity contribution in [3.63, 3.8) is 0 Å². The predicted molar refractivity (Wildman–Crippen MR) is 80.8 cm³/mol. The number of hydrogen-bond acceptors (Lipinski definition) is 3. The lowest BCUT2D eigenvalue weighted by atomic mass is 10.1. The molecule has 0 aliphatic rings. The van der Waals surface area contributed by atoms with Crippen LogP contribution in [0.25, 0.3) is 0 Å². The third-order valence-corrected chi connectivity index (χ3v) is 2.98. The van der Waals surface area contributed by atoms with E-state index in [1.54, 1.807) is 24.1 Å². The fourth-order valence-corrected chi connectivity index (χ4v) is 1.92. The lowest BCUT2D eigenvalue weighted by molar-refractivity contribution is 0.133. The molecule has 6 heteroatoms. The van der Waals surface area contributed by atoms with Gasteiger partial charge in [-0.25, -0.2) is 4.79 Å². The number of nitrogens with one attached hydrogen (secondary N) is 2. The number of aryl methyl sites for hydroxylation is 1. The van der Waals surface area contributed by atoms with E-state index in [9.17, 15) is 4.79 Å². The number of hydrogen-bond donors (Lipinski definition) is 2. The largest absolute Gasteiger partial charge is 0.377 e. The number of urea groups is 1. The molecule has 0 aliphatic carbocycles. The molecule has 112 valence electrons. The number of anilines is 1. The van der Waals surface area contributed by atoms with Gasteiger partial charge in [-0.2, -0.15) is 5.10 Å². The molecule has 2 aromatic rings. The molecule has 0 bridgehead atoms. The zero-order valence-corrected chi connectivity index (χ0v) is 12.3. The van der Waals surface area contributed by atoms with Crippen LogP contribution < -0.4 is 10.6 Å². The molecular weight excluding hydrogens is 268 g/mol. The standard InChI is InChI=1S/C15H20N4O2/c1-3-21-11-13-7-5-4-6-12(13)8-16-15(20)18-14-9-17-19(2)10-14/h4-7,9-10H,3,8,11H2,1-2H3,(H2,16,18,20). The Bertz CT molecular complexity index is 595. The van der Waals surface area contributed by atoms with Crippen LogP contribution in [0.1, 0.15) is 18.1 Å². The van der Waals surface area contributed by atoms with Crippen molar-refractivity contribution in [3.05, 3.63) is 47.8 Å². The van der Waals surface area contributed by atoms with Gasteiger partial charge in [0.05, 0.1) is 18.5 Å². The van der Waals surface area contributed by atoms with Crippen LogP contribution in [0.15, 0.2) is 36.7 Å². The van der Waals surface area contributed by atoms with Crippen LogP contribution in [-0.4, -0.2) is 22.4 Å². The lowest BCUT2D eigenvalue weighted by Gasteiger charge is -2.11. The number of nitrogens with zero attached hydrogens (tertiary/aromatic N) is 2. The van der Waals surface area contributed by atoms with Crippen LogP contribution in [0.5, 0.6) is 0 Å². The molecule has 0 atom stereocenters. The van der Waals surface area contributed by atoms with E-state index in [2.05, 4.69) is 15.7 Å². The van der Waals surface area contributed by atoms with Gasteiger partial charge in [-0.3, -0.25) is 4.68 Å². The van der Waals surface area contributed by atoms with Gasteiger partial charge in [0.15, 0.2) is 0 Å². The average molecular weight is 288 g/mol. The van der Waals surface area contributed by atoms with E-state index in [0.29, 0.717) is 25.4 Å². The summed E-state index contributed by atoms with van der Waals surface area (Å²) in [5.74, 6) is 0. The Labute approximate surface area is 124 Å². The average Bonchev–Trinajstić information content (AvgIpc) is 2.89. The summed E-state index contributed by atoms with van der Waals surface area (Å²) in [5.41, 5.74) is 2.80. The summed E-state index contributed by atoms with van der Waals surface area (Å²) in [7, 11) is 1.80. The summed E-state index contributed by atoms with van der Waals surface area (Å²) in [6.07, 6.45) is 3.34. The highest BCUT2D eigenvalue weighted by molar-refractivity contribution is 5.88. The van der Waals surface area contributed by atoms with Gasteiger partial charge in [-0.15, -0.1) is 0 Å². The summed E-state index contributed by atoms with van der Waals surface area (Å²) < 4.78 is 7.06. The first-order chi connectivity index (χ1) is 10.2. The van der Waals surface area contributed by atoms with Crippen LogP contribution in [0.3, 0.4) is 0 Å². The fraction of sp³-hybridized carbons (Fsp3) is 0.333. The number of rotatable bonds is 6. The van der Waals surface area contributed by atoms with Gasteiger partial charge in [0, 0.05) is 26.4 Å². The fourth-order valence-electron chi connectivity index (χ4n) is 1.92. The summed E-state index contributed by atoms with van der Waals surface area (Å²) in [4.78, 5) is 11.8. The number of ether oxygens (including phenoxy) is 1. The highest BCUT2D eigenvalue weighted by Gasteiger charge is 2.06. The number of amides is 2. The first-order valence-corrected chi connectivity index (χ1v) is 6.87. The monoisotopic (exact) mass is 288 g/mol. The van der Waals surface area contributed by atoms with E-state index in [4.69, 9.17) is 4.74 Å². The van der Waals surface area contributed by atoms with Crippen molar-refractivity contribution in [2.45, 2.75) is 20.1 Å². The minimum Gasteiger partial charge on any atom is -0.377 e. The minimum absolute atomic E-state index is 0.255. The van der Waals surface area contributed by atoms with E-state index in [-0.39, 0.29) is 6.03 Å². The predicted octanol–water partition coefficient (Wildman–Crippen LogP) is 2.28. The normalized spacial score (nSPS) is 10.4. The van der Waals surface area contributed by atoms with Gasteiger partial charge >= 0.3 is 6.03 Å². The van der Waals surface area contributed by atoms with Crippen molar-refractivity contribution in [2.24, 2.45) is 7.05 Å². The van der Waals surface area contributed by atoms with Crippen LogP contribution in [0.4, 0.5) is 10.5 Å². The van der Waals surface area contributed by atoms with Gasteiger partial charge in [0.2, 0.25) is 0 Å². The molecule has 0 unspecified atom stereocenters. The number of aromatic nitrogens is 2. The Hall–Kier alpha value is -2.34. The van der Waals surface area contributed by atoms with Gasteiger partial charge in [0.25, 0.3) is 0 Å². The van der Waals surface area contributed by atoms with Gasteiger partial charge in [-0.1, -0.05) is 24.3 Å². The molecule has 2 rings (SSSR count). The Morgan fingerprint density at radius 1 is 1.33 bits per heavy atom. The van der Waals surface area contributed by atoms with Gasteiger partial charge < -0.3 is 15.4 Å². The quantitative estimate of drug-likeness (QED) is 0.857. The second-order valence-corrected chi connectivity index (χ2v) is 4.62. The molecule has 1 aromatic carbocycles. The molecule has 0 fully saturated rings. The maximum Gasteiger partial charge on any atom is 0.319 e. The molecule has 0 saturated heterocycles. The molecule has 0 spiro atoms. The highest BCUT2D eigenvalue weighted by atomic mass is 16.5. The lowest BCUT2D eigenvalue weighted by Crippen LogP contribution is -2.28. The van der Waals surface area contributed by atoms with Crippen molar-refractivity contribution in [1.29, 1.82) is 0 Å². The molecule has 1 heterocycles. The molecular formula is C15H20N4O2. The Balaban J connectivity index is 1.88. The topological polar surface area (TPSA) is 68.2 Å². The Morgan fingerprint density at radius 3 is 2.76 bits per heavy atom. The zero-order valence-electron chi connectivity index (χ0n) is 12.3. The third kappa shape index (κ3) is 4.61. The molecule has 2 N–H and O–H groups in total. The molecule has 2 amide bonds. The molecule has 6 nitrogen and oxygen atoms in total. The SMILES string of the molecule is CCOCc1ccccc1CNC(=O)Nc1cnn(C)c1. The maximum atomic E-state index is 11.8. The second kappa shape index (κ2) is 7.44. The molecule has 21 heavy (non-hydrogen) atoms. The summed E-state index contributed by atoms with van der Waals surface area (Å²) in [6.45, 7) is 3.64. The van der Waals surface area contributed by atoms with Crippen LogP contribution >= 0.6 is 0 Å². The first kappa shape index (κ1) is 15.1. The number of benzene rings is 1. The third-order valence-electron chi connectivity index (χ3n) is 2.98. The van der Waals surface area contributed by atoms with Crippen LogP contribution in [0.2, 0.25) is 0 Å². The van der Waals surface area contributed by atoms with Crippen LogP contribution in [-0.2, 0) is 24.9 Å². The highest BCUT2D eigenvalue weighted by Crippen LogP contribution is 2.10. The molecule has 0 saturated carbocycles. The van der Waals surface area contributed by atoms with Crippen molar-refractivity contribution in [3.8, 4) is 0 Å². The molecule has 0 aliphatic heterocycles. The van der Waals surface area contributed by atoms with E-state index in [1.165, 1.54) is 0 Å². The summed E-state index contributed by atoms with van der Waals surface area (Å²) in [5, 5.41) is 9.56. The smallest absolute Gasteiger partial charge is 0.319 e. The minimum atomic E-state index is -0.255. The molecule has 0 radical (unpaired) electrons. The van der Waals surface area contributed by atoms with Crippen molar-refractivity contribution >= 4 is 11.7 Å². The zero-order chi connectivity index (χ0) is 15.1.